The summed E-state index contributed by atoms with van der Waals surface area (Å²) >= 11 is 1.24. The summed E-state index contributed by atoms with van der Waals surface area (Å²) in [6.45, 7) is -2.97. The molecule has 3 aromatic rings. The third kappa shape index (κ3) is 4.73. The highest BCUT2D eigenvalue weighted by Crippen LogP contribution is 2.41. The summed E-state index contributed by atoms with van der Waals surface area (Å²) in [5.41, 5.74) is 1.14. The fraction of sp³-hybridized carbons (Fsp3) is 0.250. The predicted molar refractivity (Wildman–Crippen MR) is 106 cm³/mol. The number of benzene rings is 2. The Balaban J connectivity index is 1.47. The highest BCUT2D eigenvalue weighted by molar-refractivity contribution is 7.99. The fourth-order valence-electron chi connectivity index (χ4n) is 2.89. The zero-order chi connectivity index (χ0) is 20.2. The van der Waals surface area contributed by atoms with Crippen molar-refractivity contribution in [1.29, 1.82) is 0 Å². The standard InChI is InChI=1S/C20H18F2N4O2S/c21-19(22)28-16-9-5-4-8-15(16)23-17(27)12-29-20-25-24-18(13-10-11-13)26(20)14-6-2-1-3-7-14/h1-9,13,19H,10-12H2,(H,23,27). The summed E-state index contributed by atoms with van der Waals surface area (Å²) in [5.74, 6) is 0.915. The zero-order valence-corrected chi connectivity index (χ0v) is 16.1. The number of alkyl halides is 2. The van der Waals surface area contributed by atoms with E-state index < -0.39 is 6.61 Å². The van der Waals surface area contributed by atoms with Crippen molar-refractivity contribution in [2.75, 3.05) is 11.1 Å². The first-order valence-corrected chi connectivity index (χ1v) is 10.1. The smallest absolute Gasteiger partial charge is 0.387 e. The van der Waals surface area contributed by atoms with Crippen LogP contribution in [-0.4, -0.2) is 33.0 Å². The largest absolute Gasteiger partial charge is 0.433 e. The molecule has 1 amide bonds. The van der Waals surface area contributed by atoms with E-state index in [1.807, 2.05) is 34.9 Å². The number of nitrogens with one attached hydrogen (secondary N) is 1. The maximum Gasteiger partial charge on any atom is 0.387 e. The van der Waals surface area contributed by atoms with Gasteiger partial charge in [0.25, 0.3) is 0 Å². The van der Waals surface area contributed by atoms with E-state index in [0.717, 1.165) is 24.4 Å². The first-order chi connectivity index (χ1) is 14.1. The minimum atomic E-state index is -2.97. The molecule has 0 bridgehead atoms. The molecule has 6 nitrogen and oxygen atoms in total. The maximum atomic E-state index is 12.5. The number of rotatable bonds is 8. The number of hydrogen-bond donors (Lipinski definition) is 1. The van der Waals surface area contributed by atoms with Crippen LogP contribution < -0.4 is 10.1 Å². The summed E-state index contributed by atoms with van der Waals surface area (Å²) < 4.78 is 31.5. The van der Waals surface area contributed by atoms with Gasteiger partial charge in [-0.2, -0.15) is 8.78 Å². The van der Waals surface area contributed by atoms with Gasteiger partial charge in [-0.3, -0.25) is 9.36 Å². The van der Waals surface area contributed by atoms with Crippen molar-refractivity contribution in [1.82, 2.24) is 14.8 Å². The third-order valence-electron chi connectivity index (χ3n) is 4.32. The highest BCUT2D eigenvalue weighted by atomic mass is 32.2. The van der Waals surface area contributed by atoms with Crippen molar-refractivity contribution < 1.29 is 18.3 Å². The number of amides is 1. The number of anilines is 1. The minimum Gasteiger partial charge on any atom is -0.433 e. The van der Waals surface area contributed by atoms with Crippen LogP contribution in [0.4, 0.5) is 14.5 Å². The molecule has 1 saturated carbocycles. The summed E-state index contributed by atoms with van der Waals surface area (Å²) in [4.78, 5) is 12.4. The van der Waals surface area contributed by atoms with E-state index in [0.29, 0.717) is 11.1 Å². The molecule has 4 rings (SSSR count). The number of thioether (sulfide) groups is 1. The molecule has 1 aliphatic carbocycles. The van der Waals surface area contributed by atoms with Crippen LogP contribution in [0.15, 0.2) is 59.8 Å². The Hall–Kier alpha value is -2.94. The van der Waals surface area contributed by atoms with Gasteiger partial charge < -0.3 is 10.1 Å². The molecule has 0 saturated heterocycles. The van der Waals surface area contributed by atoms with Gasteiger partial charge in [0.05, 0.1) is 11.4 Å². The molecule has 1 N–H and O–H groups in total. The van der Waals surface area contributed by atoms with E-state index in [9.17, 15) is 13.6 Å². The van der Waals surface area contributed by atoms with E-state index in [1.165, 1.54) is 23.9 Å². The molecule has 1 heterocycles. The Bertz CT molecular complexity index is 993. The quantitative estimate of drug-likeness (QED) is 0.549. The number of halogens is 2. The van der Waals surface area contributed by atoms with E-state index >= 15 is 0 Å². The van der Waals surface area contributed by atoms with Gasteiger partial charge >= 0.3 is 6.61 Å². The number of nitrogens with zero attached hydrogens (tertiary/aromatic N) is 3. The van der Waals surface area contributed by atoms with E-state index in [-0.39, 0.29) is 23.1 Å². The van der Waals surface area contributed by atoms with Crippen molar-refractivity contribution in [3.63, 3.8) is 0 Å². The van der Waals surface area contributed by atoms with Crippen molar-refractivity contribution in [2.45, 2.75) is 30.5 Å². The Labute approximate surface area is 170 Å². The number of ether oxygens (including phenoxy) is 1. The molecular formula is C20H18F2N4O2S. The van der Waals surface area contributed by atoms with Crippen LogP contribution in [0.25, 0.3) is 5.69 Å². The van der Waals surface area contributed by atoms with E-state index in [1.54, 1.807) is 12.1 Å². The molecule has 0 radical (unpaired) electrons. The van der Waals surface area contributed by atoms with Gasteiger partial charge in [0.15, 0.2) is 5.16 Å². The lowest BCUT2D eigenvalue weighted by atomic mass is 10.3. The number of carbonyl (C=O) groups is 1. The van der Waals surface area contributed by atoms with Crippen LogP contribution >= 0.6 is 11.8 Å². The van der Waals surface area contributed by atoms with Crippen molar-refractivity contribution in [3.05, 3.63) is 60.4 Å². The molecule has 150 valence electrons. The topological polar surface area (TPSA) is 69.0 Å². The molecular weight excluding hydrogens is 398 g/mol. The fourth-order valence-corrected chi connectivity index (χ4v) is 3.64. The van der Waals surface area contributed by atoms with E-state index in [2.05, 4.69) is 20.3 Å². The van der Waals surface area contributed by atoms with Crippen LogP contribution in [0.5, 0.6) is 5.75 Å². The van der Waals surface area contributed by atoms with Gasteiger partial charge in [0.1, 0.15) is 11.6 Å². The highest BCUT2D eigenvalue weighted by Gasteiger charge is 2.31. The van der Waals surface area contributed by atoms with Gasteiger partial charge in [-0.25, -0.2) is 0 Å². The van der Waals surface area contributed by atoms with Crippen molar-refractivity contribution >= 4 is 23.4 Å². The van der Waals surface area contributed by atoms with Gasteiger partial charge in [-0.1, -0.05) is 42.1 Å². The number of hydrogen-bond acceptors (Lipinski definition) is 5. The number of aromatic nitrogens is 3. The van der Waals surface area contributed by atoms with Crippen LogP contribution in [0.1, 0.15) is 24.6 Å². The van der Waals surface area contributed by atoms with Crippen LogP contribution in [0.2, 0.25) is 0 Å². The molecule has 9 heteroatoms. The second kappa shape index (κ2) is 8.60. The second-order valence-corrected chi connectivity index (χ2v) is 7.44. The Morgan fingerprint density at radius 3 is 2.59 bits per heavy atom. The number of carbonyl (C=O) groups excluding carboxylic acids is 1. The normalized spacial score (nSPS) is 13.5. The molecule has 1 aromatic heterocycles. The first kappa shape index (κ1) is 19.4. The van der Waals surface area contributed by atoms with Crippen molar-refractivity contribution in [2.24, 2.45) is 0 Å². The third-order valence-corrected chi connectivity index (χ3v) is 5.25. The SMILES string of the molecule is O=C(CSc1nnc(C2CC2)n1-c1ccccc1)Nc1ccccc1OC(F)F. The summed E-state index contributed by atoms with van der Waals surface area (Å²) in [6.07, 6.45) is 2.16. The molecule has 1 aliphatic rings. The van der Waals surface area contributed by atoms with E-state index in [4.69, 9.17) is 0 Å². The van der Waals surface area contributed by atoms with Crippen molar-refractivity contribution in [3.8, 4) is 11.4 Å². The molecule has 29 heavy (non-hydrogen) atoms. The Morgan fingerprint density at radius 2 is 1.86 bits per heavy atom. The molecule has 0 aliphatic heterocycles. The zero-order valence-electron chi connectivity index (χ0n) is 15.3. The molecule has 1 fully saturated rings. The lowest BCUT2D eigenvalue weighted by Gasteiger charge is -2.12. The molecule has 2 aromatic carbocycles. The Morgan fingerprint density at radius 1 is 1.14 bits per heavy atom. The average Bonchev–Trinajstić information content (AvgIpc) is 3.47. The molecule has 0 atom stereocenters. The van der Waals surface area contributed by atoms with Crippen LogP contribution in [0, 0.1) is 0 Å². The number of para-hydroxylation sites is 3. The first-order valence-electron chi connectivity index (χ1n) is 9.09. The summed E-state index contributed by atoms with van der Waals surface area (Å²) in [6, 6.07) is 15.8. The van der Waals surface area contributed by atoms with Gasteiger partial charge in [-0.15, -0.1) is 10.2 Å². The maximum absolute atomic E-state index is 12.5. The van der Waals surface area contributed by atoms with Gasteiger partial charge in [0.2, 0.25) is 5.91 Å². The van der Waals surface area contributed by atoms with Crippen LogP contribution in [0.3, 0.4) is 0 Å². The second-order valence-electron chi connectivity index (χ2n) is 6.50. The molecule has 0 unspecified atom stereocenters. The monoisotopic (exact) mass is 416 g/mol. The lowest BCUT2D eigenvalue weighted by molar-refractivity contribution is -0.113. The molecule has 0 spiro atoms. The minimum absolute atomic E-state index is 0.0542. The summed E-state index contributed by atoms with van der Waals surface area (Å²) in [7, 11) is 0. The van der Waals surface area contributed by atoms with Gasteiger partial charge in [0, 0.05) is 11.6 Å². The summed E-state index contributed by atoms with van der Waals surface area (Å²) in [5, 5.41) is 11.8. The lowest BCUT2D eigenvalue weighted by Crippen LogP contribution is -2.16. The Kier molecular flexibility index (Phi) is 5.75. The average molecular weight is 416 g/mol. The van der Waals surface area contributed by atoms with Crippen LogP contribution in [-0.2, 0) is 4.79 Å². The van der Waals surface area contributed by atoms with Gasteiger partial charge in [-0.05, 0) is 37.1 Å². The predicted octanol–water partition coefficient (Wildman–Crippen LogP) is 4.48.